The normalized spacial score (nSPS) is 12.3. The maximum absolute atomic E-state index is 13.0. The van der Waals surface area contributed by atoms with E-state index < -0.39 is 38.1 Å². The van der Waals surface area contributed by atoms with Gasteiger partial charge >= 0.3 is 6.18 Å². The van der Waals surface area contributed by atoms with Crippen molar-refractivity contribution in [3.63, 3.8) is 0 Å². The zero-order valence-corrected chi connectivity index (χ0v) is 14.5. The Morgan fingerprint density at radius 3 is 2.63 bits per heavy atom. The largest absolute Gasteiger partial charge is 0.416 e. The van der Waals surface area contributed by atoms with Gasteiger partial charge in [-0.3, -0.25) is 4.79 Å². The summed E-state index contributed by atoms with van der Waals surface area (Å²) in [5.74, 6) is -1.19. The fourth-order valence-electron chi connectivity index (χ4n) is 2.36. The molecule has 8 nitrogen and oxygen atoms in total. The lowest BCUT2D eigenvalue weighted by Crippen LogP contribution is -2.31. The predicted molar refractivity (Wildman–Crippen MR) is 88.2 cm³/mol. The van der Waals surface area contributed by atoms with Crippen LogP contribution >= 0.6 is 0 Å². The van der Waals surface area contributed by atoms with Crippen molar-refractivity contribution in [1.29, 1.82) is 0 Å². The quantitative estimate of drug-likeness (QED) is 0.693. The third-order valence-electron chi connectivity index (χ3n) is 3.68. The molecule has 0 aliphatic carbocycles. The van der Waals surface area contributed by atoms with Gasteiger partial charge in [-0.2, -0.15) is 18.3 Å². The number of fused-ring (bicyclic) bond motifs is 1. The number of aryl methyl sites for hydroxylation is 1. The first kappa shape index (κ1) is 18.6. The second-order valence-corrected chi connectivity index (χ2v) is 7.24. The van der Waals surface area contributed by atoms with E-state index in [-0.39, 0.29) is 17.0 Å². The van der Waals surface area contributed by atoms with E-state index in [0.717, 1.165) is 22.8 Å². The average molecular weight is 399 g/mol. The molecule has 0 unspecified atom stereocenters. The SMILES string of the molecule is Cc1ccc(C(=O)NS(=O)(=O)c2cnn3ccc(N)nc23)cc1C(F)(F)F. The lowest BCUT2D eigenvalue weighted by molar-refractivity contribution is -0.138. The maximum atomic E-state index is 13.0. The van der Waals surface area contributed by atoms with E-state index in [9.17, 15) is 26.4 Å². The molecule has 0 saturated carbocycles. The van der Waals surface area contributed by atoms with Crippen LogP contribution in [0.5, 0.6) is 0 Å². The zero-order chi connectivity index (χ0) is 20.0. The number of sulfonamides is 1. The van der Waals surface area contributed by atoms with Crippen molar-refractivity contribution >= 4 is 27.4 Å². The number of nitrogen functional groups attached to an aromatic ring is 1. The van der Waals surface area contributed by atoms with Crippen molar-refractivity contribution in [3.8, 4) is 0 Å². The Morgan fingerprint density at radius 2 is 1.96 bits per heavy atom. The monoisotopic (exact) mass is 399 g/mol. The Labute approximate surface area is 150 Å². The standard InChI is InChI=1S/C15H12F3N5O3S/c1-8-2-3-9(6-10(8)15(16,17)18)14(24)22-27(25,26)11-7-20-23-5-4-12(19)21-13(11)23/h2-7H,1H3,(H2,19,21)(H,22,24). The van der Waals surface area contributed by atoms with Gasteiger partial charge in [0.05, 0.1) is 11.8 Å². The highest BCUT2D eigenvalue weighted by molar-refractivity contribution is 7.90. The number of carbonyl (C=O) groups is 1. The molecule has 0 radical (unpaired) electrons. The van der Waals surface area contributed by atoms with Crippen LogP contribution in [0.15, 0.2) is 41.6 Å². The van der Waals surface area contributed by atoms with E-state index in [2.05, 4.69) is 10.1 Å². The maximum Gasteiger partial charge on any atom is 0.416 e. The van der Waals surface area contributed by atoms with Gasteiger partial charge < -0.3 is 5.73 Å². The number of nitrogens with two attached hydrogens (primary N) is 1. The number of anilines is 1. The fraction of sp³-hybridized carbons (Fsp3) is 0.133. The molecular weight excluding hydrogens is 387 g/mol. The van der Waals surface area contributed by atoms with Crippen molar-refractivity contribution in [2.24, 2.45) is 0 Å². The molecular formula is C15H12F3N5O3S. The number of halogens is 3. The first-order chi connectivity index (χ1) is 12.5. The van der Waals surface area contributed by atoms with Crippen LogP contribution in [0.2, 0.25) is 0 Å². The van der Waals surface area contributed by atoms with E-state index in [1.807, 2.05) is 0 Å². The Bertz CT molecular complexity index is 1160. The van der Waals surface area contributed by atoms with Gasteiger partial charge in [0.15, 0.2) is 10.5 Å². The molecule has 0 saturated heterocycles. The van der Waals surface area contributed by atoms with Crippen LogP contribution in [0.25, 0.3) is 5.65 Å². The van der Waals surface area contributed by atoms with Gasteiger partial charge in [0.25, 0.3) is 15.9 Å². The van der Waals surface area contributed by atoms with Crippen LogP contribution in [-0.4, -0.2) is 28.9 Å². The summed E-state index contributed by atoms with van der Waals surface area (Å²) >= 11 is 0. The average Bonchev–Trinajstić information content (AvgIpc) is 2.97. The van der Waals surface area contributed by atoms with Crippen LogP contribution in [0.1, 0.15) is 21.5 Å². The van der Waals surface area contributed by atoms with E-state index >= 15 is 0 Å². The number of nitrogens with one attached hydrogen (secondary N) is 1. The van der Waals surface area contributed by atoms with Crippen molar-refractivity contribution in [3.05, 3.63) is 53.3 Å². The van der Waals surface area contributed by atoms with Gasteiger partial charge in [0.2, 0.25) is 0 Å². The summed E-state index contributed by atoms with van der Waals surface area (Å²) in [6.45, 7) is 1.23. The van der Waals surface area contributed by atoms with E-state index in [1.165, 1.54) is 19.2 Å². The highest BCUT2D eigenvalue weighted by Crippen LogP contribution is 2.32. The van der Waals surface area contributed by atoms with E-state index in [4.69, 9.17) is 5.73 Å². The third kappa shape index (κ3) is 3.56. The molecule has 0 fully saturated rings. The van der Waals surface area contributed by atoms with Crippen LogP contribution in [0.3, 0.4) is 0 Å². The van der Waals surface area contributed by atoms with Gasteiger partial charge in [0.1, 0.15) is 5.82 Å². The molecule has 3 aromatic rings. The number of aromatic nitrogens is 3. The fourth-order valence-corrected chi connectivity index (χ4v) is 3.39. The summed E-state index contributed by atoms with van der Waals surface area (Å²) in [7, 11) is -4.45. The van der Waals surface area contributed by atoms with Crippen molar-refractivity contribution in [2.75, 3.05) is 5.73 Å². The van der Waals surface area contributed by atoms with E-state index in [0.29, 0.717) is 6.07 Å². The Morgan fingerprint density at radius 1 is 1.26 bits per heavy atom. The Kier molecular flexibility index (Phi) is 4.30. The van der Waals surface area contributed by atoms with Crippen LogP contribution in [-0.2, 0) is 16.2 Å². The Hall–Kier alpha value is -3.15. The minimum Gasteiger partial charge on any atom is -0.384 e. The van der Waals surface area contributed by atoms with Gasteiger partial charge in [-0.05, 0) is 30.7 Å². The summed E-state index contributed by atoms with van der Waals surface area (Å²) < 4.78 is 66.7. The lowest BCUT2D eigenvalue weighted by Gasteiger charge is -2.12. The minimum absolute atomic E-state index is 0.0270. The first-order valence-electron chi connectivity index (χ1n) is 7.34. The van der Waals surface area contributed by atoms with Gasteiger partial charge in [-0.15, -0.1) is 0 Å². The first-order valence-corrected chi connectivity index (χ1v) is 8.82. The Balaban J connectivity index is 1.96. The van der Waals surface area contributed by atoms with Crippen molar-refractivity contribution in [1.82, 2.24) is 19.3 Å². The molecule has 0 atom stereocenters. The number of amides is 1. The molecule has 12 heteroatoms. The molecule has 1 amide bonds. The smallest absolute Gasteiger partial charge is 0.384 e. The number of alkyl halides is 3. The summed E-state index contributed by atoms with van der Waals surface area (Å²) in [6, 6.07) is 4.16. The molecule has 142 valence electrons. The summed E-state index contributed by atoms with van der Waals surface area (Å²) in [5, 5.41) is 3.78. The second-order valence-electron chi connectivity index (χ2n) is 5.59. The highest BCUT2D eigenvalue weighted by atomic mass is 32.2. The topological polar surface area (TPSA) is 119 Å². The van der Waals surface area contributed by atoms with Crippen molar-refractivity contribution < 1.29 is 26.4 Å². The number of carbonyl (C=O) groups excluding carboxylic acids is 1. The molecule has 3 N–H and O–H groups in total. The number of hydrogen-bond donors (Lipinski definition) is 2. The summed E-state index contributed by atoms with van der Waals surface area (Å²) in [6.07, 6.45) is -2.36. The van der Waals surface area contributed by atoms with Crippen molar-refractivity contribution in [2.45, 2.75) is 18.0 Å². The van der Waals surface area contributed by atoms with E-state index in [1.54, 1.807) is 4.72 Å². The van der Waals surface area contributed by atoms with Crippen LogP contribution in [0.4, 0.5) is 19.0 Å². The second kappa shape index (κ2) is 6.23. The third-order valence-corrected chi connectivity index (χ3v) is 5.00. The number of benzene rings is 1. The number of nitrogens with zero attached hydrogens (tertiary/aromatic N) is 3. The summed E-state index contributed by atoms with van der Waals surface area (Å²) in [4.78, 5) is 15.6. The molecule has 2 aromatic heterocycles. The lowest BCUT2D eigenvalue weighted by atomic mass is 10.0. The van der Waals surface area contributed by atoms with Crippen LogP contribution in [0, 0.1) is 6.92 Å². The summed E-state index contributed by atoms with van der Waals surface area (Å²) in [5.41, 5.74) is 3.81. The molecule has 3 rings (SSSR count). The number of rotatable bonds is 3. The van der Waals surface area contributed by atoms with Gasteiger partial charge in [-0.1, -0.05) is 6.07 Å². The molecule has 1 aromatic carbocycles. The molecule has 27 heavy (non-hydrogen) atoms. The van der Waals surface area contributed by atoms with Gasteiger partial charge in [-0.25, -0.2) is 22.6 Å². The number of hydrogen-bond acceptors (Lipinski definition) is 6. The zero-order valence-electron chi connectivity index (χ0n) is 13.6. The minimum atomic E-state index is -4.68. The molecule has 0 aliphatic heterocycles. The van der Waals surface area contributed by atoms with Gasteiger partial charge in [0, 0.05) is 11.8 Å². The highest BCUT2D eigenvalue weighted by Gasteiger charge is 2.33. The molecule has 0 spiro atoms. The predicted octanol–water partition coefficient (Wildman–Crippen LogP) is 1.76. The molecule has 0 bridgehead atoms. The van der Waals surface area contributed by atoms with Crippen LogP contribution < -0.4 is 10.5 Å². The molecule has 0 aliphatic rings. The molecule has 2 heterocycles.